The summed E-state index contributed by atoms with van der Waals surface area (Å²) in [6, 6.07) is 12.2. The average Bonchev–Trinajstić information content (AvgIpc) is 3.43. The van der Waals surface area contributed by atoms with Gasteiger partial charge in [-0.25, -0.2) is 13.2 Å². The van der Waals surface area contributed by atoms with Gasteiger partial charge >= 0.3 is 5.97 Å². The van der Waals surface area contributed by atoms with Crippen molar-refractivity contribution in [1.29, 1.82) is 0 Å². The maximum Gasteiger partial charge on any atom is 0.340 e. The predicted molar refractivity (Wildman–Crippen MR) is 123 cm³/mol. The highest BCUT2D eigenvalue weighted by Crippen LogP contribution is 2.38. The summed E-state index contributed by atoms with van der Waals surface area (Å²) >= 11 is 0. The number of cyclic esters (lactones) is 1. The molecule has 2 aromatic carbocycles. The zero-order chi connectivity index (χ0) is 24.7. The third-order valence-corrected chi connectivity index (χ3v) is 8.62. The fraction of sp³-hybridized carbons (Fsp3) is 0.375. The lowest BCUT2D eigenvalue weighted by Crippen LogP contribution is -2.55. The van der Waals surface area contributed by atoms with E-state index in [4.69, 9.17) is 9.47 Å². The highest BCUT2D eigenvalue weighted by atomic mass is 32.2. The number of methoxy groups -OCH3 is 1. The molecule has 35 heavy (non-hydrogen) atoms. The number of esters is 1. The molecule has 3 aliphatic heterocycles. The first-order chi connectivity index (χ1) is 16.8. The Hall–Kier alpha value is -3.44. The predicted octanol–water partition coefficient (Wildman–Crippen LogP) is 1.39. The number of sulfonamides is 1. The lowest BCUT2D eigenvalue weighted by molar-refractivity contribution is -0.151. The van der Waals surface area contributed by atoms with Crippen LogP contribution < -0.4 is 4.74 Å². The number of piperazine rings is 1. The number of carbonyl (C=O) groups excluding carboxylic acids is 3. The number of ether oxygens (including phenoxy) is 2. The number of nitrogens with zero attached hydrogens (tertiary/aromatic N) is 3. The van der Waals surface area contributed by atoms with Crippen molar-refractivity contribution in [1.82, 2.24) is 14.1 Å². The molecular weight excluding hydrogens is 474 g/mol. The maximum atomic E-state index is 13.4. The molecule has 0 aliphatic carbocycles. The summed E-state index contributed by atoms with van der Waals surface area (Å²) in [6.45, 7) is 0.686. The zero-order valence-corrected chi connectivity index (χ0v) is 19.9. The molecule has 0 radical (unpaired) electrons. The van der Waals surface area contributed by atoms with Crippen molar-refractivity contribution in [2.24, 2.45) is 0 Å². The number of carbonyl (C=O) groups is 3. The summed E-state index contributed by atoms with van der Waals surface area (Å²) in [7, 11) is -2.20. The number of rotatable bonds is 5. The van der Waals surface area contributed by atoms with Crippen LogP contribution >= 0.6 is 0 Å². The first-order valence-electron chi connectivity index (χ1n) is 11.4. The van der Waals surface area contributed by atoms with Gasteiger partial charge in [-0.2, -0.15) is 4.31 Å². The van der Waals surface area contributed by atoms with E-state index in [0.717, 1.165) is 0 Å². The molecule has 5 rings (SSSR count). The van der Waals surface area contributed by atoms with Gasteiger partial charge in [-0.3, -0.25) is 14.5 Å². The number of hydrogen-bond donors (Lipinski definition) is 0. The molecule has 3 aliphatic rings. The van der Waals surface area contributed by atoms with Crippen molar-refractivity contribution in [3.63, 3.8) is 0 Å². The van der Waals surface area contributed by atoms with Crippen LogP contribution in [0.4, 0.5) is 0 Å². The van der Waals surface area contributed by atoms with Crippen molar-refractivity contribution in [3.8, 4) is 5.75 Å². The molecule has 184 valence electrons. The molecule has 2 saturated heterocycles. The van der Waals surface area contributed by atoms with E-state index in [-0.39, 0.29) is 49.3 Å². The third kappa shape index (κ3) is 4.04. The van der Waals surface area contributed by atoms with E-state index >= 15 is 0 Å². The van der Waals surface area contributed by atoms with E-state index in [1.54, 1.807) is 41.3 Å². The largest absolute Gasteiger partial charge is 0.497 e. The van der Waals surface area contributed by atoms with Gasteiger partial charge in [0.1, 0.15) is 11.8 Å². The van der Waals surface area contributed by atoms with Crippen molar-refractivity contribution in [2.75, 3.05) is 33.3 Å². The molecular formula is C24H25N3O7S. The number of fused-ring (bicyclic) bond motifs is 1. The maximum absolute atomic E-state index is 13.4. The number of likely N-dealkylation sites (tertiary alicyclic amines) is 1. The molecule has 0 spiro atoms. The minimum atomic E-state index is -3.71. The second-order valence-corrected chi connectivity index (χ2v) is 10.5. The Kier molecular flexibility index (Phi) is 5.97. The lowest BCUT2D eigenvalue weighted by atomic mass is 10.1. The molecule has 11 heteroatoms. The van der Waals surface area contributed by atoms with Gasteiger partial charge in [0.2, 0.25) is 28.1 Å². The summed E-state index contributed by atoms with van der Waals surface area (Å²) in [4.78, 5) is 41.5. The van der Waals surface area contributed by atoms with E-state index in [2.05, 4.69) is 0 Å². The van der Waals surface area contributed by atoms with Crippen molar-refractivity contribution in [2.45, 2.75) is 30.0 Å². The highest BCUT2D eigenvalue weighted by molar-refractivity contribution is 7.89. The van der Waals surface area contributed by atoms with Crippen LogP contribution in [-0.2, 0) is 24.3 Å². The zero-order valence-electron chi connectivity index (χ0n) is 19.1. The van der Waals surface area contributed by atoms with Gasteiger partial charge in [0.05, 0.1) is 17.6 Å². The normalized spacial score (nSPS) is 22.8. The molecule has 2 atom stereocenters. The first kappa shape index (κ1) is 23.3. The molecule has 2 fully saturated rings. The Morgan fingerprint density at radius 1 is 1.00 bits per heavy atom. The van der Waals surface area contributed by atoms with Crippen LogP contribution in [0.3, 0.4) is 0 Å². The Balaban J connectivity index is 1.28. The molecule has 0 unspecified atom stereocenters. The van der Waals surface area contributed by atoms with Gasteiger partial charge < -0.3 is 14.4 Å². The van der Waals surface area contributed by atoms with Gasteiger partial charge in [0.25, 0.3) is 0 Å². The first-order valence-corrected chi connectivity index (χ1v) is 12.8. The minimum Gasteiger partial charge on any atom is -0.497 e. The van der Waals surface area contributed by atoms with E-state index in [9.17, 15) is 22.8 Å². The van der Waals surface area contributed by atoms with Crippen LogP contribution in [0.1, 0.15) is 35.0 Å². The molecule has 3 heterocycles. The van der Waals surface area contributed by atoms with Crippen molar-refractivity contribution in [3.05, 3.63) is 59.7 Å². The second kappa shape index (κ2) is 8.97. The number of benzene rings is 2. The average molecular weight is 500 g/mol. The molecule has 0 aromatic heterocycles. The molecule has 0 saturated carbocycles. The van der Waals surface area contributed by atoms with Crippen LogP contribution in [0, 0.1) is 0 Å². The van der Waals surface area contributed by atoms with Crippen molar-refractivity contribution >= 4 is 27.8 Å². The fourth-order valence-corrected chi connectivity index (χ4v) is 6.25. The quantitative estimate of drug-likeness (QED) is 0.571. The molecule has 10 nitrogen and oxygen atoms in total. The minimum absolute atomic E-state index is 0.141. The van der Waals surface area contributed by atoms with Gasteiger partial charge in [-0.15, -0.1) is 0 Å². The smallest absolute Gasteiger partial charge is 0.340 e. The molecule has 0 bridgehead atoms. The molecule has 2 amide bonds. The van der Waals surface area contributed by atoms with Crippen LogP contribution in [0.15, 0.2) is 53.4 Å². The van der Waals surface area contributed by atoms with E-state index in [1.165, 1.54) is 28.4 Å². The Labute approximate surface area is 203 Å². The molecule has 0 N–H and O–H groups in total. The Morgan fingerprint density at radius 2 is 1.69 bits per heavy atom. The number of hydrogen-bond acceptors (Lipinski definition) is 7. The van der Waals surface area contributed by atoms with Crippen LogP contribution in [0.25, 0.3) is 0 Å². The summed E-state index contributed by atoms with van der Waals surface area (Å²) < 4.78 is 38.0. The van der Waals surface area contributed by atoms with Crippen LogP contribution in [-0.4, -0.2) is 79.6 Å². The topological polar surface area (TPSA) is 114 Å². The van der Waals surface area contributed by atoms with Gasteiger partial charge in [-0.1, -0.05) is 18.2 Å². The summed E-state index contributed by atoms with van der Waals surface area (Å²) in [5.74, 6) is -0.476. The van der Waals surface area contributed by atoms with Gasteiger partial charge in [0.15, 0.2) is 0 Å². The van der Waals surface area contributed by atoms with E-state index in [1.807, 2.05) is 0 Å². The lowest BCUT2D eigenvalue weighted by Gasteiger charge is -2.37. The summed E-state index contributed by atoms with van der Waals surface area (Å²) in [5, 5.41) is 0. The Bertz CT molecular complexity index is 1270. The van der Waals surface area contributed by atoms with Gasteiger partial charge in [0, 0.05) is 38.2 Å². The van der Waals surface area contributed by atoms with Gasteiger partial charge in [-0.05, 0) is 36.8 Å². The Morgan fingerprint density at radius 3 is 2.37 bits per heavy atom. The van der Waals surface area contributed by atoms with E-state index < -0.39 is 28.3 Å². The molecule has 2 aromatic rings. The standard InChI is InChI=1S/C24H25N3O7S/c1-33-16-6-8-17(9-7-16)35(31,32)26-14-12-25(13-15-26)22(29)20-10-11-21(28)27(20)23-18-4-2-3-5-19(18)24(30)34-23/h2-9,20,23H,10-15H2,1H3/t20-,23-/m1/s1. The highest BCUT2D eigenvalue weighted by Gasteiger charge is 2.47. The summed E-state index contributed by atoms with van der Waals surface area (Å²) in [5.41, 5.74) is 0.960. The fourth-order valence-electron chi connectivity index (χ4n) is 4.83. The number of amides is 2. The van der Waals surface area contributed by atoms with E-state index in [0.29, 0.717) is 23.3 Å². The third-order valence-electron chi connectivity index (χ3n) is 6.71. The van der Waals surface area contributed by atoms with Crippen LogP contribution in [0.5, 0.6) is 5.75 Å². The van der Waals surface area contributed by atoms with Crippen molar-refractivity contribution < 1.29 is 32.3 Å². The second-order valence-electron chi connectivity index (χ2n) is 8.61. The summed E-state index contributed by atoms with van der Waals surface area (Å²) in [6.07, 6.45) is -0.434. The monoisotopic (exact) mass is 499 g/mol. The van der Waals surface area contributed by atoms with Crippen LogP contribution in [0.2, 0.25) is 0 Å². The SMILES string of the molecule is COc1ccc(S(=O)(=O)N2CCN(C(=O)[C@H]3CCC(=O)N3[C@@H]3OC(=O)c4ccccc43)CC2)cc1.